The average molecular weight is 258 g/mol. The molecule has 1 aromatic rings. The molecule has 4 nitrogen and oxygen atoms in total. The van der Waals surface area contributed by atoms with Crippen molar-refractivity contribution in [3.63, 3.8) is 0 Å². The van der Waals surface area contributed by atoms with E-state index in [9.17, 15) is 4.79 Å². The van der Waals surface area contributed by atoms with Gasteiger partial charge in [0.25, 0.3) is 0 Å². The topological polar surface area (TPSA) is 59.3 Å². The smallest absolute Gasteiger partial charge is 0.419 e. The van der Waals surface area contributed by atoms with Crippen molar-refractivity contribution in [1.82, 2.24) is 0 Å². The van der Waals surface area contributed by atoms with E-state index in [-0.39, 0.29) is 0 Å². The van der Waals surface area contributed by atoms with Crippen LogP contribution in [0, 0.1) is 10.7 Å². The maximum Gasteiger partial charge on any atom is 0.514 e. The Morgan fingerprint density at radius 1 is 1.50 bits per heavy atom. The molecule has 0 heterocycles. The second-order valence-electron chi connectivity index (χ2n) is 2.70. The summed E-state index contributed by atoms with van der Waals surface area (Å²) in [6.07, 6.45) is -0.849. The number of carbonyl (C=O) groups excluding carboxylic acids is 1. The number of benzene rings is 1. The maximum atomic E-state index is 11.2. The van der Waals surface area contributed by atoms with Gasteiger partial charge < -0.3 is 9.47 Å². The lowest BCUT2D eigenvalue weighted by molar-refractivity contribution is 0.0947. The van der Waals surface area contributed by atoms with Gasteiger partial charge in [-0.25, -0.2) is 4.79 Å². The fraction of sp³-hybridized carbons (Fsp3) is 0.200. The van der Waals surface area contributed by atoms with E-state index in [0.717, 1.165) is 11.8 Å². The van der Waals surface area contributed by atoms with E-state index in [0.29, 0.717) is 10.8 Å². The Kier molecular flexibility index (Phi) is 4.96. The highest BCUT2D eigenvalue weighted by Crippen LogP contribution is 2.17. The largest absolute Gasteiger partial charge is 0.514 e. The molecule has 0 aliphatic rings. The van der Waals surface area contributed by atoms with Crippen molar-refractivity contribution in [2.24, 2.45) is 0 Å². The summed E-state index contributed by atoms with van der Waals surface area (Å²) in [6, 6.07) is 6.28. The number of hydrogen-bond acceptors (Lipinski definition) is 5. The predicted molar refractivity (Wildman–Crippen MR) is 61.2 cm³/mol. The van der Waals surface area contributed by atoms with Crippen molar-refractivity contribution >= 4 is 29.5 Å². The van der Waals surface area contributed by atoms with Crippen LogP contribution in [0.2, 0.25) is 5.02 Å². The van der Waals surface area contributed by atoms with Crippen molar-refractivity contribution in [2.75, 3.05) is 0 Å². The Morgan fingerprint density at radius 2 is 2.12 bits per heavy atom. The van der Waals surface area contributed by atoms with Crippen LogP contribution in [0.4, 0.5) is 4.79 Å². The molecule has 1 rings (SSSR count). The minimum atomic E-state index is -0.849. The van der Waals surface area contributed by atoms with Crippen LogP contribution in [0.3, 0.4) is 0 Å². The molecule has 0 N–H and O–H groups in total. The van der Waals surface area contributed by atoms with Crippen LogP contribution in [0.15, 0.2) is 24.3 Å². The predicted octanol–water partition coefficient (Wildman–Crippen LogP) is 3.42. The average Bonchev–Trinajstić information content (AvgIpc) is 2.21. The molecule has 0 aliphatic carbocycles. The van der Waals surface area contributed by atoms with Crippen LogP contribution in [0.25, 0.3) is 0 Å². The zero-order chi connectivity index (χ0) is 12.0. The van der Waals surface area contributed by atoms with E-state index in [2.05, 4.69) is 0 Å². The molecule has 0 radical (unpaired) electrons. The Morgan fingerprint density at radius 3 is 2.69 bits per heavy atom. The molecule has 0 aromatic heterocycles. The van der Waals surface area contributed by atoms with E-state index < -0.39 is 11.6 Å². The van der Waals surface area contributed by atoms with Gasteiger partial charge in [-0.05, 0) is 43.0 Å². The Bertz CT molecular complexity index is 402. The summed E-state index contributed by atoms with van der Waals surface area (Å²) < 4.78 is 9.62. The van der Waals surface area contributed by atoms with Crippen molar-refractivity contribution < 1.29 is 14.3 Å². The molecule has 6 heteroatoms. The van der Waals surface area contributed by atoms with Crippen molar-refractivity contribution in [2.45, 2.75) is 12.4 Å². The van der Waals surface area contributed by atoms with Gasteiger partial charge in [0.1, 0.15) is 11.2 Å². The van der Waals surface area contributed by atoms with Crippen molar-refractivity contribution in [3.8, 4) is 11.2 Å². The van der Waals surface area contributed by atoms with Gasteiger partial charge in [-0.2, -0.15) is 5.26 Å². The molecular weight excluding hydrogens is 250 g/mol. The van der Waals surface area contributed by atoms with Crippen LogP contribution in [0.5, 0.6) is 5.75 Å². The molecule has 0 bridgehead atoms. The summed E-state index contributed by atoms with van der Waals surface area (Å²) in [7, 11) is 0. The highest BCUT2D eigenvalue weighted by molar-refractivity contribution is 8.04. The summed E-state index contributed by atoms with van der Waals surface area (Å²) in [5, 5.41) is 10.7. The van der Waals surface area contributed by atoms with Crippen LogP contribution in [-0.4, -0.2) is 11.6 Å². The van der Waals surface area contributed by atoms with Crippen LogP contribution in [0.1, 0.15) is 6.92 Å². The number of thioether (sulfide) groups is 1. The molecule has 84 valence electrons. The Hall–Kier alpha value is -1.38. The van der Waals surface area contributed by atoms with E-state index in [1.54, 1.807) is 31.2 Å². The molecule has 0 saturated carbocycles. The van der Waals surface area contributed by atoms with E-state index in [4.69, 9.17) is 26.3 Å². The number of nitriles is 1. The van der Waals surface area contributed by atoms with Crippen LogP contribution in [-0.2, 0) is 4.74 Å². The zero-order valence-electron chi connectivity index (χ0n) is 8.34. The molecule has 0 spiro atoms. The maximum absolute atomic E-state index is 11.2. The quantitative estimate of drug-likeness (QED) is 0.359. The number of halogens is 1. The Labute approximate surface area is 102 Å². The van der Waals surface area contributed by atoms with Crippen LogP contribution < -0.4 is 4.74 Å². The number of nitrogens with zero attached hydrogens (tertiary/aromatic N) is 1. The van der Waals surface area contributed by atoms with Gasteiger partial charge in [0, 0.05) is 5.02 Å². The van der Waals surface area contributed by atoms with Gasteiger partial charge >= 0.3 is 6.16 Å². The van der Waals surface area contributed by atoms with E-state index in [1.165, 1.54) is 0 Å². The first kappa shape index (κ1) is 12.7. The van der Waals surface area contributed by atoms with Gasteiger partial charge in [0.15, 0.2) is 5.44 Å². The third kappa shape index (κ3) is 4.43. The molecular formula is C10H8ClNO3S. The molecule has 1 aromatic carbocycles. The van der Waals surface area contributed by atoms with Gasteiger partial charge in [-0.3, -0.25) is 0 Å². The number of hydrogen-bond donors (Lipinski definition) is 0. The number of carbonyl (C=O) groups is 1. The van der Waals surface area contributed by atoms with E-state index >= 15 is 0 Å². The minimum Gasteiger partial charge on any atom is -0.419 e. The van der Waals surface area contributed by atoms with Crippen molar-refractivity contribution in [3.05, 3.63) is 29.3 Å². The van der Waals surface area contributed by atoms with Gasteiger partial charge in [-0.1, -0.05) is 11.6 Å². The monoisotopic (exact) mass is 257 g/mol. The lowest BCUT2D eigenvalue weighted by Crippen LogP contribution is -2.15. The second kappa shape index (κ2) is 6.26. The molecule has 0 fully saturated rings. The highest BCUT2D eigenvalue weighted by Gasteiger charge is 2.11. The first-order valence-corrected chi connectivity index (χ1v) is 5.56. The molecule has 1 unspecified atom stereocenters. The first-order valence-electron chi connectivity index (χ1n) is 4.30. The Balaban J connectivity index is 2.46. The SMILES string of the molecule is CC(OC(=O)Oc1ccc(Cl)cc1)SC#N. The van der Waals surface area contributed by atoms with Gasteiger partial charge in [0.2, 0.25) is 0 Å². The summed E-state index contributed by atoms with van der Waals surface area (Å²) in [5.74, 6) is 0.337. The number of thiocyanates is 1. The van der Waals surface area contributed by atoms with Gasteiger partial charge in [-0.15, -0.1) is 0 Å². The third-order valence-corrected chi connectivity index (χ3v) is 2.28. The fourth-order valence-corrected chi connectivity index (χ4v) is 1.26. The zero-order valence-corrected chi connectivity index (χ0v) is 9.92. The standard InChI is InChI=1S/C10H8ClNO3S/c1-7(16-6-12)14-10(13)15-9-4-2-8(11)3-5-9/h2-5,7H,1H3. The van der Waals surface area contributed by atoms with Crippen molar-refractivity contribution in [1.29, 1.82) is 5.26 Å². The normalized spacial score (nSPS) is 11.3. The summed E-state index contributed by atoms with van der Waals surface area (Å²) >= 11 is 6.50. The fourth-order valence-electron chi connectivity index (χ4n) is 0.857. The molecule has 1 atom stereocenters. The molecule has 0 saturated heterocycles. The lowest BCUT2D eigenvalue weighted by Gasteiger charge is -2.08. The van der Waals surface area contributed by atoms with E-state index in [1.807, 2.05) is 5.40 Å². The highest BCUT2D eigenvalue weighted by atomic mass is 35.5. The molecule has 0 aliphatic heterocycles. The molecule has 16 heavy (non-hydrogen) atoms. The first-order chi connectivity index (χ1) is 7.61. The van der Waals surface area contributed by atoms with Crippen LogP contribution >= 0.6 is 23.4 Å². The third-order valence-electron chi connectivity index (χ3n) is 1.50. The minimum absolute atomic E-state index is 0.337. The number of rotatable bonds is 3. The summed E-state index contributed by atoms with van der Waals surface area (Å²) in [5.41, 5.74) is -0.565. The number of ether oxygens (including phenoxy) is 2. The second-order valence-corrected chi connectivity index (χ2v) is 4.22. The summed E-state index contributed by atoms with van der Waals surface area (Å²) in [6.45, 7) is 1.58. The lowest BCUT2D eigenvalue weighted by atomic mass is 10.3. The molecule has 0 amide bonds. The van der Waals surface area contributed by atoms with Gasteiger partial charge in [0.05, 0.1) is 0 Å². The summed E-state index contributed by atoms with van der Waals surface area (Å²) in [4.78, 5) is 11.2.